The molecule has 0 aliphatic rings. The maximum atomic E-state index is 13.3. The van der Waals surface area contributed by atoms with Gasteiger partial charge in [-0.15, -0.1) is 0 Å². The molecule has 3 aromatic rings. The summed E-state index contributed by atoms with van der Waals surface area (Å²) in [5.41, 5.74) is 2.61. The van der Waals surface area contributed by atoms with Gasteiger partial charge in [0.2, 0.25) is 0 Å². The fourth-order valence-corrected chi connectivity index (χ4v) is 3.75. The Morgan fingerprint density at radius 2 is 1.78 bits per heavy atom. The highest BCUT2D eigenvalue weighted by Gasteiger charge is 2.18. The normalized spacial score (nSPS) is 12.7. The van der Waals surface area contributed by atoms with Crippen molar-refractivity contribution in [3.05, 3.63) is 63.4 Å². The molecule has 1 aromatic heterocycles. The first-order chi connectivity index (χ1) is 13.0. The molecule has 3 rings (SSSR count). The van der Waals surface area contributed by atoms with Crippen LogP contribution in [0.3, 0.4) is 0 Å². The van der Waals surface area contributed by atoms with Gasteiger partial charge in [-0.25, -0.2) is 4.98 Å². The lowest BCUT2D eigenvalue weighted by Crippen LogP contribution is -2.39. The SMILES string of the molecule is CCN(CC)C(C)Cn1c(-c2ccc(C)cc2)nc2c(Cl)cccc2c1=O. The zero-order chi connectivity index (χ0) is 19.6. The monoisotopic (exact) mass is 383 g/mol. The van der Waals surface area contributed by atoms with Gasteiger partial charge in [0, 0.05) is 18.2 Å². The van der Waals surface area contributed by atoms with Gasteiger partial charge in [-0.3, -0.25) is 14.3 Å². The van der Waals surface area contributed by atoms with Crippen molar-refractivity contribution < 1.29 is 0 Å². The summed E-state index contributed by atoms with van der Waals surface area (Å²) in [5.74, 6) is 0.666. The zero-order valence-electron chi connectivity index (χ0n) is 16.4. The third-order valence-electron chi connectivity index (χ3n) is 5.13. The van der Waals surface area contributed by atoms with E-state index in [4.69, 9.17) is 16.6 Å². The molecule has 27 heavy (non-hydrogen) atoms. The van der Waals surface area contributed by atoms with Crippen molar-refractivity contribution >= 4 is 22.5 Å². The van der Waals surface area contributed by atoms with E-state index < -0.39 is 0 Å². The molecule has 142 valence electrons. The lowest BCUT2D eigenvalue weighted by molar-refractivity contribution is 0.210. The van der Waals surface area contributed by atoms with Crippen molar-refractivity contribution in [2.75, 3.05) is 13.1 Å². The molecule has 1 heterocycles. The lowest BCUT2D eigenvalue weighted by atomic mass is 10.1. The molecule has 1 atom stereocenters. The van der Waals surface area contributed by atoms with Crippen molar-refractivity contribution in [3.63, 3.8) is 0 Å². The molecule has 0 radical (unpaired) electrons. The Hall–Kier alpha value is -2.17. The van der Waals surface area contributed by atoms with Crippen LogP contribution in [0.2, 0.25) is 5.02 Å². The molecule has 0 bridgehead atoms. The molecular weight excluding hydrogens is 358 g/mol. The van der Waals surface area contributed by atoms with E-state index in [2.05, 4.69) is 25.7 Å². The van der Waals surface area contributed by atoms with Gasteiger partial charge in [-0.05, 0) is 39.1 Å². The number of likely N-dealkylation sites (N-methyl/N-ethyl adjacent to an activating group) is 1. The van der Waals surface area contributed by atoms with Gasteiger partial charge in [-0.2, -0.15) is 0 Å². The van der Waals surface area contributed by atoms with E-state index in [-0.39, 0.29) is 11.6 Å². The third kappa shape index (κ3) is 3.92. The number of aryl methyl sites for hydroxylation is 1. The largest absolute Gasteiger partial charge is 0.299 e. The second-order valence-electron chi connectivity index (χ2n) is 6.92. The zero-order valence-corrected chi connectivity index (χ0v) is 17.1. The Balaban J connectivity index is 2.22. The highest BCUT2D eigenvalue weighted by atomic mass is 35.5. The minimum Gasteiger partial charge on any atom is -0.299 e. The molecule has 0 aliphatic carbocycles. The van der Waals surface area contributed by atoms with Crippen LogP contribution in [0.4, 0.5) is 0 Å². The first kappa shape index (κ1) is 19.6. The quantitative estimate of drug-likeness (QED) is 0.616. The summed E-state index contributed by atoms with van der Waals surface area (Å²) < 4.78 is 1.80. The molecule has 1 unspecified atom stereocenters. The van der Waals surface area contributed by atoms with Crippen LogP contribution in [-0.2, 0) is 6.54 Å². The van der Waals surface area contributed by atoms with E-state index in [1.54, 1.807) is 22.8 Å². The van der Waals surface area contributed by atoms with Crippen molar-refractivity contribution in [3.8, 4) is 11.4 Å². The average molecular weight is 384 g/mol. The molecule has 2 aromatic carbocycles. The molecule has 0 saturated carbocycles. The molecule has 5 heteroatoms. The highest BCUT2D eigenvalue weighted by Crippen LogP contribution is 2.24. The second-order valence-corrected chi connectivity index (χ2v) is 7.33. The van der Waals surface area contributed by atoms with Gasteiger partial charge in [0.15, 0.2) is 0 Å². The Morgan fingerprint density at radius 3 is 2.41 bits per heavy atom. The number of fused-ring (bicyclic) bond motifs is 1. The molecule has 0 amide bonds. The smallest absolute Gasteiger partial charge is 0.261 e. The maximum absolute atomic E-state index is 13.3. The van der Waals surface area contributed by atoms with Crippen LogP contribution in [-0.4, -0.2) is 33.6 Å². The van der Waals surface area contributed by atoms with E-state index in [1.807, 2.05) is 31.2 Å². The minimum atomic E-state index is -0.0444. The summed E-state index contributed by atoms with van der Waals surface area (Å²) in [5, 5.41) is 1.06. The van der Waals surface area contributed by atoms with Crippen LogP contribution in [0.15, 0.2) is 47.3 Å². The number of nitrogens with zero attached hydrogens (tertiary/aromatic N) is 3. The first-order valence-electron chi connectivity index (χ1n) is 9.46. The van der Waals surface area contributed by atoms with Crippen LogP contribution in [0.1, 0.15) is 26.3 Å². The summed E-state index contributed by atoms with van der Waals surface area (Å²) in [6.07, 6.45) is 0. The number of benzene rings is 2. The molecule has 0 spiro atoms. The third-order valence-corrected chi connectivity index (χ3v) is 5.43. The van der Waals surface area contributed by atoms with Crippen molar-refractivity contribution in [2.24, 2.45) is 0 Å². The van der Waals surface area contributed by atoms with Gasteiger partial charge in [-0.1, -0.05) is 61.3 Å². The summed E-state index contributed by atoms with van der Waals surface area (Å²) in [7, 11) is 0. The van der Waals surface area contributed by atoms with E-state index in [0.29, 0.717) is 28.3 Å². The number of halogens is 1. The Bertz CT molecular complexity index is 991. The van der Waals surface area contributed by atoms with Crippen LogP contribution < -0.4 is 5.56 Å². The van der Waals surface area contributed by atoms with Crippen molar-refractivity contribution in [1.82, 2.24) is 14.5 Å². The van der Waals surface area contributed by atoms with E-state index in [9.17, 15) is 4.79 Å². The standard InChI is InChI=1S/C22H26ClN3O/c1-5-25(6-2)16(4)14-26-21(17-12-10-15(3)11-13-17)24-20-18(22(26)27)8-7-9-19(20)23/h7-13,16H,5-6,14H2,1-4H3. The Labute approximate surface area is 165 Å². The predicted octanol–water partition coefficient (Wildman–Crippen LogP) is 4.76. The summed E-state index contributed by atoms with van der Waals surface area (Å²) in [6.45, 7) is 11.0. The fraction of sp³-hybridized carbons (Fsp3) is 0.364. The molecular formula is C22H26ClN3O. The molecule has 4 nitrogen and oxygen atoms in total. The van der Waals surface area contributed by atoms with Gasteiger partial charge >= 0.3 is 0 Å². The van der Waals surface area contributed by atoms with E-state index >= 15 is 0 Å². The highest BCUT2D eigenvalue weighted by molar-refractivity contribution is 6.35. The average Bonchev–Trinajstić information content (AvgIpc) is 2.66. The molecule has 0 N–H and O–H groups in total. The van der Waals surface area contributed by atoms with E-state index in [1.165, 1.54) is 5.56 Å². The topological polar surface area (TPSA) is 38.1 Å². The summed E-state index contributed by atoms with van der Waals surface area (Å²) in [4.78, 5) is 20.5. The fourth-order valence-electron chi connectivity index (χ4n) is 3.53. The van der Waals surface area contributed by atoms with Gasteiger partial charge in [0.25, 0.3) is 5.56 Å². The number of para-hydroxylation sites is 1. The van der Waals surface area contributed by atoms with Crippen LogP contribution in [0.5, 0.6) is 0 Å². The molecule has 0 saturated heterocycles. The van der Waals surface area contributed by atoms with Gasteiger partial charge < -0.3 is 0 Å². The number of hydrogen-bond acceptors (Lipinski definition) is 3. The number of rotatable bonds is 6. The molecule has 0 fully saturated rings. The minimum absolute atomic E-state index is 0.0444. The Morgan fingerprint density at radius 1 is 1.11 bits per heavy atom. The number of hydrogen-bond donors (Lipinski definition) is 0. The molecule has 0 aliphatic heterocycles. The van der Waals surface area contributed by atoms with Crippen LogP contribution in [0, 0.1) is 6.92 Å². The van der Waals surface area contributed by atoms with Crippen molar-refractivity contribution in [1.29, 1.82) is 0 Å². The predicted molar refractivity (Wildman–Crippen MR) is 114 cm³/mol. The van der Waals surface area contributed by atoms with Crippen LogP contribution in [0.25, 0.3) is 22.3 Å². The summed E-state index contributed by atoms with van der Waals surface area (Å²) >= 11 is 6.35. The summed E-state index contributed by atoms with van der Waals surface area (Å²) in [6, 6.07) is 13.7. The van der Waals surface area contributed by atoms with Crippen molar-refractivity contribution in [2.45, 2.75) is 40.3 Å². The lowest BCUT2D eigenvalue weighted by Gasteiger charge is -2.28. The Kier molecular flexibility index (Phi) is 5.98. The van der Waals surface area contributed by atoms with Crippen LogP contribution >= 0.6 is 11.6 Å². The van der Waals surface area contributed by atoms with Gasteiger partial charge in [0.05, 0.1) is 15.9 Å². The first-order valence-corrected chi connectivity index (χ1v) is 9.84. The maximum Gasteiger partial charge on any atom is 0.261 e. The number of aromatic nitrogens is 2. The second kappa shape index (κ2) is 8.24. The van der Waals surface area contributed by atoms with E-state index in [0.717, 1.165) is 18.7 Å². The van der Waals surface area contributed by atoms with Gasteiger partial charge in [0.1, 0.15) is 5.82 Å².